The quantitative estimate of drug-likeness (QED) is 0.174. The lowest BCUT2D eigenvalue weighted by Crippen LogP contribution is -2.58. The van der Waals surface area contributed by atoms with E-state index < -0.39 is 95.7 Å². The van der Waals surface area contributed by atoms with Crippen LogP contribution in [0.1, 0.15) is 18.6 Å². The molecular weight excluding hydrogens is 536 g/mol. The number of rotatable bonds is 5. The molecule has 216 valence electrons. The maximum atomic E-state index is 13.1. The molecule has 40 heavy (non-hydrogen) atoms. The molecule has 0 spiro atoms. The van der Waals surface area contributed by atoms with Gasteiger partial charge in [0.05, 0.1) is 18.3 Å². The Hall–Kier alpha value is -3.47. The molecule has 0 bridgehead atoms. The van der Waals surface area contributed by atoms with Gasteiger partial charge in [-0.2, -0.15) is 0 Å². The number of aromatic hydroxyl groups is 4. The van der Waals surface area contributed by atoms with Crippen molar-refractivity contribution < 1.29 is 64.6 Å². The predicted octanol–water partition coefficient (Wildman–Crippen LogP) is -0.712. The normalized spacial score (nSPS) is 32.5. The SMILES string of the molecule is C[C@@H]1O[C@@H](O[C@@H]2[C@H](O)[C@H](CO)O[C@H]2c2c(O)cc3oc(-c4ccc(O)c(O)c4)cc(=O)c3c2O)[C@H](O)[C@H](O)[C@H]1O. The van der Waals surface area contributed by atoms with Crippen molar-refractivity contribution in [2.24, 2.45) is 0 Å². The number of ether oxygens (including phenoxy) is 3. The summed E-state index contributed by atoms with van der Waals surface area (Å²) in [4.78, 5) is 13.1. The standard InChI is InChI=1S/C26H28O14/c1-8-19(32)22(35)23(36)26(37-8)40-25-20(33)16(7-27)39-24(25)18-13(31)6-15-17(21(18)34)12(30)5-14(38-15)9-2-3-10(28)11(29)4-9/h2-6,8,16,19-20,22-29,31-36H,7H2,1H3/t8-,16-,19-,20+,22+,23+,24-,25+,26-/m0/s1. The van der Waals surface area contributed by atoms with Gasteiger partial charge in [0, 0.05) is 17.7 Å². The lowest BCUT2D eigenvalue weighted by molar-refractivity contribution is -0.311. The molecular formula is C26H28O14. The van der Waals surface area contributed by atoms with Crippen molar-refractivity contribution in [3.8, 4) is 34.3 Å². The molecule has 2 aliphatic heterocycles. The van der Waals surface area contributed by atoms with Gasteiger partial charge in [0.2, 0.25) is 0 Å². The molecule has 5 rings (SSSR count). The van der Waals surface area contributed by atoms with Crippen LogP contribution in [0.3, 0.4) is 0 Å². The van der Waals surface area contributed by atoms with Crippen LogP contribution in [-0.4, -0.2) is 102 Å². The first-order valence-corrected chi connectivity index (χ1v) is 12.3. The van der Waals surface area contributed by atoms with E-state index >= 15 is 0 Å². The Bertz CT molecular complexity index is 1470. The Labute approximate surface area is 225 Å². The molecule has 0 amide bonds. The van der Waals surface area contributed by atoms with Crippen LogP contribution < -0.4 is 5.43 Å². The minimum absolute atomic E-state index is 0.0493. The van der Waals surface area contributed by atoms with Crippen molar-refractivity contribution in [3.05, 3.63) is 46.1 Å². The highest BCUT2D eigenvalue weighted by atomic mass is 16.7. The summed E-state index contributed by atoms with van der Waals surface area (Å²) in [6.07, 6.45) is -13.3. The van der Waals surface area contributed by atoms with Gasteiger partial charge in [0.1, 0.15) is 71.0 Å². The third-order valence-corrected chi connectivity index (χ3v) is 7.17. The minimum atomic E-state index is -1.75. The number of aliphatic hydroxyl groups is 5. The van der Waals surface area contributed by atoms with Gasteiger partial charge in [0.15, 0.2) is 23.2 Å². The number of phenols is 4. The predicted molar refractivity (Wildman–Crippen MR) is 133 cm³/mol. The Morgan fingerprint density at radius 2 is 1.57 bits per heavy atom. The Balaban J connectivity index is 1.56. The Morgan fingerprint density at radius 1 is 0.850 bits per heavy atom. The molecule has 14 heteroatoms. The molecule has 0 unspecified atom stereocenters. The number of hydrogen-bond donors (Lipinski definition) is 9. The molecule has 9 N–H and O–H groups in total. The van der Waals surface area contributed by atoms with Crippen molar-refractivity contribution in [2.75, 3.05) is 6.61 Å². The molecule has 2 saturated heterocycles. The smallest absolute Gasteiger partial charge is 0.197 e. The van der Waals surface area contributed by atoms with E-state index in [0.29, 0.717) is 0 Å². The zero-order chi connectivity index (χ0) is 29.0. The second-order valence-corrected chi connectivity index (χ2v) is 9.76. The number of phenolic OH excluding ortho intramolecular Hbond substituents is 4. The number of aliphatic hydroxyl groups excluding tert-OH is 5. The van der Waals surface area contributed by atoms with Gasteiger partial charge in [-0.1, -0.05) is 0 Å². The topological polar surface area (TPSA) is 240 Å². The third-order valence-electron chi connectivity index (χ3n) is 7.17. The van der Waals surface area contributed by atoms with Crippen LogP contribution in [0.2, 0.25) is 0 Å². The lowest BCUT2D eigenvalue weighted by atomic mass is 9.96. The van der Waals surface area contributed by atoms with E-state index in [9.17, 15) is 50.8 Å². The molecule has 14 nitrogen and oxygen atoms in total. The summed E-state index contributed by atoms with van der Waals surface area (Å²) in [7, 11) is 0. The van der Waals surface area contributed by atoms with Crippen molar-refractivity contribution in [1.29, 1.82) is 0 Å². The van der Waals surface area contributed by atoms with Crippen molar-refractivity contribution in [3.63, 3.8) is 0 Å². The van der Waals surface area contributed by atoms with Crippen LogP contribution in [0, 0.1) is 0 Å². The third kappa shape index (κ3) is 4.63. The van der Waals surface area contributed by atoms with Gasteiger partial charge in [-0.05, 0) is 25.1 Å². The monoisotopic (exact) mass is 564 g/mol. The Kier molecular flexibility index (Phi) is 7.37. The maximum absolute atomic E-state index is 13.1. The molecule has 1 aromatic heterocycles. The van der Waals surface area contributed by atoms with E-state index in [1.54, 1.807) is 0 Å². The van der Waals surface area contributed by atoms with Crippen LogP contribution in [0.5, 0.6) is 23.0 Å². The average Bonchev–Trinajstić information content (AvgIpc) is 3.21. The molecule has 3 heterocycles. The minimum Gasteiger partial charge on any atom is -0.507 e. The number of hydrogen-bond acceptors (Lipinski definition) is 14. The van der Waals surface area contributed by atoms with Crippen molar-refractivity contribution >= 4 is 11.0 Å². The number of benzene rings is 2. The molecule has 0 aliphatic carbocycles. The van der Waals surface area contributed by atoms with Gasteiger partial charge in [0.25, 0.3) is 0 Å². The summed E-state index contributed by atoms with van der Waals surface area (Å²) in [6, 6.07) is 5.74. The highest BCUT2D eigenvalue weighted by Crippen LogP contribution is 2.47. The lowest BCUT2D eigenvalue weighted by Gasteiger charge is -2.40. The molecule has 2 aromatic carbocycles. The van der Waals surface area contributed by atoms with E-state index in [4.69, 9.17) is 18.6 Å². The molecule has 3 aromatic rings. The molecule has 2 fully saturated rings. The zero-order valence-electron chi connectivity index (χ0n) is 20.9. The van der Waals surface area contributed by atoms with Crippen LogP contribution in [0.15, 0.2) is 39.5 Å². The summed E-state index contributed by atoms with van der Waals surface area (Å²) in [6.45, 7) is 0.711. The fourth-order valence-electron chi connectivity index (χ4n) is 4.96. The van der Waals surface area contributed by atoms with Gasteiger partial charge in [-0.15, -0.1) is 0 Å². The molecule has 0 radical (unpaired) electrons. The van der Waals surface area contributed by atoms with E-state index in [1.165, 1.54) is 19.1 Å². The van der Waals surface area contributed by atoms with Crippen molar-refractivity contribution in [2.45, 2.75) is 62.0 Å². The molecule has 9 atom stereocenters. The fourth-order valence-corrected chi connectivity index (χ4v) is 4.96. The first kappa shape index (κ1) is 28.1. The first-order chi connectivity index (χ1) is 18.9. The Morgan fingerprint density at radius 3 is 2.25 bits per heavy atom. The van der Waals surface area contributed by atoms with Gasteiger partial charge in [-0.3, -0.25) is 4.79 Å². The largest absolute Gasteiger partial charge is 0.507 e. The molecule has 2 aliphatic rings. The van der Waals surface area contributed by atoms with Gasteiger partial charge in [-0.25, -0.2) is 0 Å². The zero-order valence-corrected chi connectivity index (χ0v) is 20.9. The van der Waals surface area contributed by atoms with Gasteiger partial charge < -0.3 is 64.6 Å². The average molecular weight is 564 g/mol. The maximum Gasteiger partial charge on any atom is 0.197 e. The summed E-state index contributed by atoms with van der Waals surface area (Å²) < 4.78 is 22.5. The number of fused-ring (bicyclic) bond motifs is 1. The molecule has 0 saturated carbocycles. The van der Waals surface area contributed by atoms with Crippen LogP contribution >= 0.6 is 0 Å². The van der Waals surface area contributed by atoms with E-state index in [2.05, 4.69) is 0 Å². The summed E-state index contributed by atoms with van der Waals surface area (Å²) in [5.74, 6) is -2.33. The van der Waals surface area contributed by atoms with E-state index in [-0.39, 0.29) is 22.3 Å². The van der Waals surface area contributed by atoms with Crippen LogP contribution in [0.4, 0.5) is 0 Å². The van der Waals surface area contributed by atoms with E-state index in [1.807, 2.05) is 0 Å². The van der Waals surface area contributed by atoms with E-state index in [0.717, 1.165) is 18.2 Å². The summed E-state index contributed by atoms with van der Waals surface area (Å²) in [5, 5.41) is 91.9. The first-order valence-electron chi connectivity index (χ1n) is 12.3. The summed E-state index contributed by atoms with van der Waals surface area (Å²) in [5.41, 5.74) is -1.19. The fraction of sp³-hybridized carbons (Fsp3) is 0.423. The van der Waals surface area contributed by atoms with Crippen molar-refractivity contribution in [1.82, 2.24) is 0 Å². The summed E-state index contributed by atoms with van der Waals surface area (Å²) >= 11 is 0. The highest BCUT2D eigenvalue weighted by molar-refractivity contribution is 5.88. The van der Waals surface area contributed by atoms with Crippen LogP contribution in [-0.2, 0) is 14.2 Å². The second kappa shape index (κ2) is 10.5. The van der Waals surface area contributed by atoms with Crippen LogP contribution in [0.25, 0.3) is 22.3 Å². The highest BCUT2D eigenvalue weighted by Gasteiger charge is 2.51. The second-order valence-electron chi connectivity index (χ2n) is 9.76. The van der Waals surface area contributed by atoms with Gasteiger partial charge >= 0.3 is 0 Å².